The number of aryl methyl sites for hydroxylation is 1. The second-order valence-electron chi connectivity index (χ2n) is 3.57. The fraction of sp³-hybridized carbons (Fsp3) is 0.0769. The van der Waals surface area contributed by atoms with E-state index in [-0.39, 0.29) is 5.91 Å². The van der Waals surface area contributed by atoms with Crippen molar-refractivity contribution in [1.82, 2.24) is 4.98 Å². The van der Waals surface area contributed by atoms with Gasteiger partial charge in [-0.1, -0.05) is 17.7 Å². The number of aromatic nitrogens is 1. The van der Waals surface area contributed by atoms with Crippen LogP contribution in [0.4, 0.5) is 5.69 Å². The first-order valence-electron chi connectivity index (χ1n) is 5.04. The topological polar surface area (TPSA) is 42.0 Å². The number of pyridine rings is 1. The minimum Gasteiger partial charge on any atom is -0.321 e. The molecule has 0 saturated carbocycles. The number of nitrogens with one attached hydrogen (secondary N) is 1. The zero-order valence-electron chi connectivity index (χ0n) is 8.97. The SMILES string of the molecule is Cc1cccc(C(=O)Nc2cccnc2)c1. The summed E-state index contributed by atoms with van der Waals surface area (Å²) >= 11 is 0. The van der Waals surface area contributed by atoms with Crippen LogP contribution in [-0.4, -0.2) is 10.9 Å². The molecule has 0 aliphatic heterocycles. The van der Waals surface area contributed by atoms with Gasteiger partial charge in [-0.15, -0.1) is 0 Å². The van der Waals surface area contributed by atoms with E-state index in [1.54, 1.807) is 30.6 Å². The summed E-state index contributed by atoms with van der Waals surface area (Å²) in [5.41, 5.74) is 2.43. The lowest BCUT2D eigenvalue weighted by molar-refractivity contribution is 0.102. The fourth-order valence-corrected chi connectivity index (χ4v) is 1.43. The number of hydrogen-bond acceptors (Lipinski definition) is 2. The summed E-state index contributed by atoms with van der Waals surface area (Å²) in [4.78, 5) is 15.8. The van der Waals surface area contributed by atoms with Crippen molar-refractivity contribution in [3.63, 3.8) is 0 Å². The molecule has 0 unspecified atom stereocenters. The highest BCUT2D eigenvalue weighted by Crippen LogP contribution is 2.08. The Morgan fingerprint density at radius 3 is 2.81 bits per heavy atom. The summed E-state index contributed by atoms with van der Waals surface area (Å²) in [6, 6.07) is 11.1. The van der Waals surface area contributed by atoms with E-state index < -0.39 is 0 Å². The van der Waals surface area contributed by atoms with Gasteiger partial charge < -0.3 is 5.32 Å². The molecule has 0 spiro atoms. The van der Waals surface area contributed by atoms with Crippen molar-refractivity contribution in [2.75, 3.05) is 5.32 Å². The van der Waals surface area contributed by atoms with Gasteiger partial charge in [0.05, 0.1) is 11.9 Å². The Morgan fingerprint density at radius 1 is 1.25 bits per heavy atom. The highest BCUT2D eigenvalue weighted by molar-refractivity contribution is 6.04. The first-order chi connectivity index (χ1) is 7.75. The molecule has 2 aromatic rings. The van der Waals surface area contributed by atoms with Crippen molar-refractivity contribution >= 4 is 11.6 Å². The molecule has 0 radical (unpaired) electrons. The first kappa shape index (κ1) is 10.4. The number of nitrogens with zero attached hydrogens (tertiary/aromatic N) is 1. The molecule has 1 aromatic heterocycles. The summed E-state index contributed by atoms with van der Waals surface area (Å²) < 4.78 is 0. The van der Waals surface area contributed by atoms with Gasteiger partial charge in [-0.3, -0.25) is 9.78 Å². The molecule has 1 heterocycles. The van der Waals surface area contributed by atoms with Crippen molar-refractivity contribution in [2.24, 2.45) is 0 Å². The van der Waals surface area contributed by atoms with E-state index in [9.17, 15) is 4.79 Å². The van der Waals surface area contributed by atoms with Gasteiger partial charge in [0, 0.05) is 11.8 Å². The van der Waals surface area contributed by atoms with Gasteiger partial charge in [0.15, 0.2) is 0 Å². The van der Waals surface area contributed by atoms with E-state index in [1.807, 2.05) is 25.1 Å². The minimum atomic E-state index is -0.114. The molecule has 0 fully saturated rings. The highest BCUT2D eigenvalue weighted by Gasteiger charge is 2.05. The second kappa shape index (κ2) is 4.57. The van der Waals surface area contributed by atoms with E-state index >= 15 is 0 Å². The van der Waals surface area contributed by atoms with E-state index in [4.69, 9.17) is 0 Å². The van der Waals surface area contributed by atoms with E-state index in [1.165, 1.54) is 0 Å². The van der Waals surface area contributed by atoms with Gasteiger partial charge in [-0.25, -0.2) is 0 Å². The summed E-state index contributed by atoms with van der Waals surface area (Å²) in [5.74, 6) is -0.114. The van der Waals surface area contributed by atoms with Crippen LogP contribution in [0, 0.1) is 6.92 Å². The molecule has 3 nitrogen and oxygen atoms in total. The number of hydrogen-bond donors (Lipinski definition) is 1. The van der Waals surface area contributed by atoms with Crippen LogP contribution < -0.4 is 5.32 Å². The molecular weight excluding hydrogens is 200 g/mol. The Morgan fingerprint density at radius 2 is 2.12 bits per heavy atom. The maximum Gasteiger partial charge on any atom is 0.255 e. The van der Waals surface area contributed by atoms with Crippen LogP contribution in [0.25, 0.3) is 0 Å². The van der Waals surface area contributed by atoms with Crippen molar-refractivity contribution in [3.05, 3.63) is 59.9 Å². The Balaban J connectivity index is 2.15. The molecule has 0 bridgehead atoms. The van der Waals surface area contributed by atoms with Gasteiger partial charge in [0.2, 0.25) is 0 Å². The average molecular weight is 212 g/mol. The first-order valence-corrected chi connectivity index (χ1v) is 5.04. The van der Waals surface area contributed by atoms with Gasteiger partial charge in [0.25, 0.3) is 5.91 Å². The molecule has 0 aliphatic carbocycles. The number of benzene rings is 1. The molecule has 2 rings (SSSR count). The summed E-state index contributed by atoms with van der Waals surface area (Å²) in [6.07, 6.45) is 3.29. The van der Waals surface area contributed by atoms with Crippen LogP contribution in [0.15, 0.2) is 48.8 Å². The van der Waals surface area contributed by atoms with Crippen LogP contribution in [0.5, 0.6) is 0 Å². The summed E-state index contributed by atoms with van der Waals surface area (Å²) in [6.45, 7) is 1.96. The molecule has 1 amide bonds. The molecular formula is C13H12N2O. The maximum atomic E-state index is 11.8. The Bertz CT molecular complexity index is 494. The van der Waals surface area contributed by atoms with E-state index in [0.29, 0.717) is 11.3 Å². The standard InChI is InChI=1S/C13H12N2O/c1-10-4-2-5-11(8-10)13(16)15-12-6-3-7-14-9-12/h2-9H,1H3,(H,15,16). The molecule has 16 heavy (non-hydrogen) atoms. The number of anilines is 1. The van der Waals surface area contributed by atoms with Crippen LogP contribution >= 0.6 is 0 Å². The van der Waals surface area contributed by atoms with Crippen LogP contribution in [0.2, 0.25) is 0 Å². The van der Waals surface area contributed by atoms with Crippen molar-refractivity contribution in [2.45, 2.75) is 6.92 Å². The Kier molecular flexibility index (Phi) is 2.96. The number of carbonyl (C=O) groups excluding carboxylic acids is 1. The van der Waals surface area contributed by atoms with Crippen molar-refractivity contribution in [1.29, 1.82) is 0 Å². The summed E-state index contributed by atoms with van der Waals surface area (Å²) in [7, 11) is 0. The third-order valence-corrected chi connectivity index (χ3v) is 2.20. The largest absolute Gasteiger partial charge is 0.321 e. The number of carbonyl (C=O) groups is 1. The average Bonchev–Trinajstić information content (AvgIpc) is 2.30. The lowest BCUT2D eigenvalue weighted by Crippen LogP contribution is -2.11. The molecule has 0 saturated heterocycles. The number of rotatable bonds is 2. The lowest BCUT2D eigenvalue weighted by Gasteiger charge is -2.04. The zero-order valence-corrected chi connectivity index (χ0v) is 8.97. The smallest absolute Gasteiger partial charge is 0.255 e. The van der Waals surface area contributed by atoms with Crippen LogP contribution in [0.3, 0.4) is 0 Å². The monoisotopic (exact) mass is 212 g/mol. The lowest BCUT2D eigenvalue weighted by atomic mass is 10.1. The second-order valence-corrected chi connectivity index (χ2v) is 3.57. The van der Waals surface area contributed by atoms with Gasteiger partial charge >= 0.3 is 0 Å². The van der Waals surface area contributed by atoms with E-state index in [0.717, 1.165) is 5.56 Å². The summed E-state index contributed by atoms with van der Waals surface area (Å²) in [5, 5.41) is 2.78. The third-order valence-electron chi connectivity index (χ3n) is 2.20. The van der Waals surface area contributed by atoms with Crippen molar-refractivity contribution in [3.8, 4) is 0 Å². The van der Waals surface area contributed by atoms with Gasteiger partial charge in [-0.05, 0) is 31.2 Å². The molecule has 0 atom stereocenters. The maximum absolute atomic E-state index is 11.8. The molecule has 0 aliphatic rings. The predicted molar refractivity (Wildman–Crippen MR) is 63.4 cm³/mol. The molecule has 80 valence electrons. The Labute approximate surface area is 94.1 Å². The molecule has 1 N–H and O–H groups in total. The molecule has 3 heteroatoms. The number of amides is 1. The fourth-order valence-electron chi connectivity index (χ4n) is 1.43. The Hall–Kier alpha value is -2.16. The van der Waals surface area contributed by atoms with Crippen molar-refractivity contribution < 1.29 is 4.79 Å². The predicted octanol–water partition coefficient (Wildman–Crippen LogP) is 2.64. The van der Waals surface area contributed by atoms with Gasteiger partial charge in [0.1, 0.15) is 0 Å². The van der Waals surface area contributed by atoms with Gasteiger partial charge in [-0.2, -0.15) is 0 Å². The highest BCUT2D eigenvalue weighted by atomic mass is 16.1. The zero-order chi connectivity index (χ0) is 11.4. The third kappa shape index (κ3) is 2.45. The van der Waals surface area contributed by atoms with Crippen LogP contribution in [-0.2, 0) is 0 Å². The minimum absolute atomic E-state index is 0.114. The van der Waals surface area contributed by atoms with E-state index in [2.05, 4.69) is 10.3 Å². The van der Waals surface area contributed by atoms with Crippen LogP contribution in [0.1, 0.15) is 15.9 Å². The normalized spacial score (nSPS) is 9.81. The molecule has 1 aromatic carbocycles. The quantitative estimate of drug-likeness (QED) is 0.831.